The molecule has 11 heteroatoms. The first-order valence-electron chi connectivity index (χ1n) is 7.68. The van der Waals surface area contributed by atoms with Crippen LogP contribution in [0.25, 0.3) is 0 Å². The minimum absolute atomic E-state index is 0.0637. The third kappa shape index (κ3) is 5.60. The first-order valence-corrected chi connectivity index (χ1v) is 9.23. The second-order valence-electron chi connectivity index (χ2n) is 5.29. The molecule has 0 aliphatic rings. The van der Waals surface area contributed by atoms with Crippen molar-refractivity contribution in [2.24, 2.45) is 10.2 Å². The van der Waals surface area contributed by atoms with Crippen molar-refractivity contribution in [2.75, 3.05) is 31.2 Å². The molecule has 0 heterocycles. The zero-order chi connectivity index (χ0) is 20.0. The smallest absolute Gasteiger partial charge is 0.272 e. The number of halogens is 3. The quantitative estimate of drug-likeness (QED) is 0.320. The molecule has 0 aliphatic heterocycles. The molecule has 27 heavy (non-hydrogen) atoms. The van der Waals surface area contributed by atoms with Crippen LogP contribution in [0.4, 0.5) is 22.7 Å². The summed E-state index contributed by atoms with van der Waals surface area (Å²) in [6.07, 6.45) is 0. The maximum atomic E-state index is 10.8. The summed E-state index contributed by atoms with van der Waals surface area (Å²) >= 11 is 15.5. The molecule has 0 aliphatic carbocycles. The number of aliphatic hydroxyl groups is 2. The lowest BCUT2D eigenvalue weighted by Gasteiger charge is -2.23. The fraction of sp³-hybridized carbons (Fsp3) is 0.250. The average Bonchev–Trinajstić information content (AvgIpc) is 2.61. The number of hydrogen-bond acceptors (Lipinski definition) is 7. The number of aliphatic hydroxyl groups excluding tert-OH is 2. The molecule has 0 spiro atoms. The van der Waals surface area contributed by atoms with Crippen molar-refractivity contribution in [2.45, 2.75) is 0 Å². The zero-order valence-electron chi connectivity index (χ0n) is 13.8. The fourth-order valence-electron chi connectivity index (χ4n) is 2.24. The van der Waals surface area contributed by atoms with E-state index in [0.717, 1.165) is 5.69 Å². The normalized spacial score (nSPS) is 11.1. The molecule has 144 valence electrons. The highest BCUT2D eigenvalue weighted by atomic mass is 79.9. The van der Waals surface area contributed by atoms with Crippen molar-refractivity contribution in [3.05, 3.63) is 55.0 Å². The van der Waals surface area contributed by atoms with Gasteiger partial charge in [-0.05, 0) is 34.1 Å². The van der Waals surface area contributed by atoms with E-state index in [1.807, 2.05) is 0 Å². The summed E-state index contributed by atoms with van der Waals surface area (Å²) in [5.74, 6) is 0. The molecule has 0 amide bonds. The Bertz CT molecular complexity index is 837. The van der Waals surface area contributed by atoms with Gasteiger partial charge in [0.05, 0.1) is 32.7 Å². The maximum absolute atomic E-state index is 10.8. The van der Waals surface area contributed by atoms with Gasteiger partial charge < -0.3 is 15.1 Å². The highest BCUT2D eigenvalue weighted by molar-refractivity contribution is 9.10. The zero-order valence-corrected chi connectivity index (χ0v) is 16.9. The van der Waals surface area contributed by atoms with Gasteiger partial charge in [-0.2, -0.15) is 0 Å². The van der Waals surface area contributed by atoms with Crippen LogP contribution in [0.3, 0.4) is 0 Å². The molecule has 0 radical (unpaired) electrons. The maximum Gasteiger partial charge on any atom is 0.272 e. The number of nitro groups is 1. The summed E-state index contributed by atoms with van der Waals surface area (Å²) in [7, 11) is 0. The SMILES string of the molecule is O=[N+]([O-])c1cc(Cl)c(/N=N/c2ccc(N(CCO)CCO)cc2Cl)c(Br)c1. The Labute approximate surface area is 173 Å². The lowest BCUT2D eigenvalue weighted by atomic mass is 10.2. The van der Waals surface area contributed by atoms with Crippen LogP contribution in [0, 0.1) is 10.1 Å². The molecule has 2 rings (SSSR count). The molecule has 0 saturated carbocycles. The number of non-ortho nitro benzene ring substituents is 1. The number of nitro benzene ring substituents is 1. The van der Waals surface area contributed by atoms with Crippen LogP contribution in [0.15, 0.2) is 45.0 Å². The van der Waals surface area contributed by atoms with Crippen molar-refractivity contribution in [1.82, 2.24) is 0 Å². The number of benzene rings is 2. The van der Waals surface area contributed by atoms with Crippen LogP contribution < -0.4 is 4.90 Å². The lowest BCUT2D eigenvalue weighted by Crippen LogP contribution is -2.29. The van der Waals surface area contributed by atoms with Crippen molar-refractivity contribution in [1.29, 1.82) is 0 Å². The molecule has 2 aromatic carbocycles. The van der Waals surface area contributed by atoms with E-state index in [2.05, 4.69) is 26.2 Å². The number of nitrogens with zero attached hydrogens (tertiary/aromatic N) is 4. The first-order chi connectivity index (χ1) is 12.9. The summed E-state index contributed by atoms with van der Waals surface area (Å²) in [5, 5.41) is 37.5. The minimum atomic E-state index is -0.558. The van der Waals surface area contributed by atoms with Crippen LogP contribution in [0.5, 0.6) is 0 Å². The molecule has 0 fully saturated rings. The van der Waals surface area contributed by atoms with E-state index in [4.69, 9.17) is 33.4 Å². The summed E-state index contributed by atoms with van der Waals surface area (Å²) in [4.78, 5) is 12.1. The summed E-state index contributed by atoms with van der Waals surface area (Å²) in [6, 6.07) is 7.49. The van der Waals surface area contributed by atoms with E-state index < -0.39 is 4.92 Å². The number of azo groups is 1. The van der Waals surface area contributed by atoms with E-state index in [-0.39, 0.29) is 29.6 Å². The highest BCUT2D eigenvalue weighted by Gasteiger charge is 2.14. The van der Waals surface area contributed by atoms with Gasteiger partial charge in [0.1, 0.15) is 11.4 Å². The van der Waals surface area contributed by atoms with Crippen molar-refractivity contribution < 1.29 is 15.1 Å². The Morgan fingerprint density at radius 2 is 1.74 bits per heavy atom. The number of hydrogen-bond donors (Lipinski definition) is 2. The van der Waals surface area contributed by atoms with Gasteiger partial charge in [-0.25, -0.2) is 0 Å². The van der Waals surface area contributed by atoms with Gasteiger partial charge in [-0.15, -0.1) is 10.2 Å². The molecular formula is C16H15BrCl2N4O4. The van der Waals surface area contributed by atoms with Gasteiger partial charge in [0, 0.05) is 30.9 Å². The van der Waals surface area contributed by atoms with Gasteiger partial charge in [0.2, 0.25) is 0 Å². The van der Waals surface area contributed by atoms with Gasteiger partial charge >= 0.3 is 0 Å². The Morgan fingerprint density at radius 1 is 1.07 bits per heavy atom. The molecule has 0 saturated heterocycles. The van der Waals surface area contributed by atoms with Gasteiger partial charge in [-0.3, -0.25) is 10.1 Å². The van der Waals surface area contributed by atoms with Crippen molar-refractivity contribution in [3.8, 4) is 0 Å². The van der Waals surface area contributed by atoms with E-state index >= 15 is 0 Å². The molecule has 0 aromatic heterocycles. The average molecular weight is 478 g/mol. The Balaban J connectivity index is 2.29. The third-order valence-corrected chi connectivity index (χ3v) is 4.70. The minimum Gasteiger partial charge on any atom is -0.395 e. The van der Waals surface area contributed by atoms with Crippen molar-refractivity contribution >= 4 is 61.9 Å². The Hall–Kier alpha value is -1.78. The van der Waals surface area contributed by atoms with E-state index in [0.29, 0.717) is 28.3 Å². The van der Waals surface area contributed by atoms with Gasteiger partial charge in [0.15, 0.2) is 0 Å². The number of anilines is 1. The van der Waals surface area contributed by atoms with Crippen LogP contribution in [-0.2, 0) is 0 Å². The van der Waals surface area contributed by atoms with E-state index in [9.17, 15) is 10.1 Å². The topological polar surface area (TPSA) is 112 Å². The summed E-state index contributed by atoms with van der Waals surface area (Å²) in [6.45, 7) is 0.573. The first kappa shape index (κ1) is 21.5. The van der Waals surface area contributed by atoms with E-state index in [1.54, 1.807) is 23.1 Å². The molecule has 8 nitrogen and oxygen atoms in total. The second-order valence-corrected chi connectivity index (χ2v) is 6.95. The van der Waals surface area contributed by atoms with Gasteiger partial charge in [0.25, 0.3) is 5.69 Å². The summed E-state index contributed by atoms with van der Waals surface area (Å²) in [5.41, 5.74) is 1.16. The van der Waals surface area contributed by atoms with Crippen LogP contribution in [0.1, 0.15) is 0 Å². The molecule has 2 aromatic rings. The van der Waals surface area contributed by atoms with Crippen LogP contribution >= 0.6 is 39.1 Å². The molecular weight excluding hydrogens is 463 g/mol. The van der Waals surface area contributed by atoms with E-state index in [1.165, 1.54) is 12.1 Å². The predicted octanol–water partition coefficient (Wildman–Crippen LogP) is 4.87. The Kier molecular flexibility index (Phi) is 7.93. The molecule has 2 N–H and O–H groups in total. The highest BCUT2D eigenvalue weighted by Crippen LogP contribution is 2.39. The summed E-state index contributed by atoms with van der Waals surface area (Å²) < 4.78 is 0.329. The molecule has 0 unspecified atom stereocenters. The Morgan fingerprint density at radius 3 is 2.26 bits per heavy atom. The number of rotatable bonds is 8. The fourth-order valence-corrected chi connectivity index (χ4v) is 3.35. The monoisotopic (exact) mass is 476 g/mol. The standard InChI is InChI=1S/C16H15BrCl2N4O4/c17-12-7-11(23(26)27)9-14(19)16(12)21-20-15-2-1-10(8-13(15)18)22(3-5-24)4-6-25/h1-2,7-9,24-25H,3-6H2/b21-20+. The lowest BCUT2D eigenvalue weighted by molar-refractivity contribution is -0.384. The van der Waals surface area contributed by atoms with Crippen LogP contribution in [0.2, 0.25) is 10.0 Å². The third-order valence-electron chi connectivity index (χ3n) is 3.51. The van der Waals surface area contributed by atoms with Gasteiger partial charge in [-0.1, -0.05) is 23.2 Å². The molecule has 0 bridgehead atoms. The largest absolute Gasteiger partial charge is 0.395 e. The predicted molar refractivity (Wildman–Crippen MR) is 108 cm³/mol. The van der Waals surface area contributed by atoms with Crippen molar-refractivity contribution in [3.63, 3.8) is 0 Å². The second kappa shape index (κ2) is 9.95. The van der Waals surface area contributed by atoms with Crippen LogP contribution in [-0.4, -0.2) is 41.4 Å². The molecule has 0 atom stereocenters.